The van der Waals surface area contributed by atoms with Crippen LogP contribution >= 0.6 is 0 Å². The Bertz CT molecular complexity index is 569. The van der Waals surface area contributed by atoms with Crippen LogP contribution in [0.2, 0.25) is 0 Å². The van der Waals surface area contributed by atoms with Gasteiger partial charge in [-0.15, -0.1) is 0 Å². The van der Waals surface area contributed by atoms with Gasteiger partial charge in [0.05, 0.1) is 12.9 Å². The molecule has 1 fully saturated rings. The Morgan fingerprint density at radius 3 is 2.77 bits per heavy atom. The number of piperidine rings is 1. The fourth-order valence-electron chi connectivity index (χ4n) is 2.76. The van der Waals surface area contributed by atoms with Crippen LogP contribution in [0.1, 0.15) is 31.7 Å². The summed E-state index contributed by atoms with van der Waals surface area (Å²) in [7, 11) is -1.49. The van der Waals surface area contributed by atoms with Crippen molar-refractivity contribution >= 4 is 10.0 Å². The molecule has 1 aromatic rings. The fourth-order valence-corrected chi connectivity index (χ4v) is 4.16. The summed E-state index contributed by atoms with van der Waals surface area (Å²) in [6.45, 7) is 4.41. The maximum atomic E-state index is 11.8. The third-order valence-corrected chi connectivity index (χ3v) is 5.48. The van der Waals surface area contributed by atoms with Crippen molar-refractivity contribution in [1.82, 2.24) is 14.6 Å². The molecular weight excluding hydrogens is 302 g/mol. The number of pyridine rings is 1. The number of nitrogens with zero attached hydrogens (tertiary/aromatic N) is 2. The first-order valence-electron chi connectivity index (χ1n) is 7.74. The molecule has 124 valence electrons. The maximum Gasteiger partial charge on any atom is 0.217 e. The van der Waals surface area contributed by atoms with E-state index < -0.39 is 10.0 Å². The van der Waals surface area contributed by atoms with Crippen LogP contribution in [0.5, 0.6) is 5.88 Å². The van der Waals surface area contributed by atoms with E-state index in [4.69, 9.17) is 4.74 Å². The van der Waals surface area contributed by atoms with Gasteiger partial charge < -0.3 is 4.74 Å². The van der Waals surface area contributed by atoms with Gasteiger partial charge in [-0.05, 0) is 25.3 Å². The van der Waals surface area contributed by atoms with E-state index in [-0.39, 0.29) is 11.8 Å². The molecule has 0 spiro atoms. The van der Waals surface area contributed by atoms with Gasteiger partial charge in [0.15, 0.2) is 0 Å². The standard InChI is InChI=1S/C15H25N3O3S/c1-3-11-22(19,20)17-14-6-9-18(10-7-14)12-13-5-4-8-16-15(13)21-2/h4-5,8,14,17H,3,6-7,9-12H2,1-2H3. The molecular formula is C15H25N3O3S. The first-order chi connectivity index (χ1) is 10.5. The van der Waals surface area contributed by atoms with E-state index in [2.05, 4.69) is 14.6 Å². The van der Waals surface area contributed by atoms with E-state index in [0.717, 1.165) is 38.0 Å². The Morgan fingerprint density at radius 2 is 2.14 bits per heavy atom. The van der Waals surface area contributed by atoms with Crippen LogP contribution in [0.3, 0.4) is 0 Å². The number of sulfonamides is 1. The Kier molecular flexibility index (Phi) is 6.16. The minimum Gasteiger partial charge on any atom is -0.481 e. The molecule has 0 amide bonds. The Balaban J connectivity index is 1.85. The van der Waals surface area contributed by atoms with Gasteiger partial charge in [-0.1, -0.05) is 13.0 Å². The molecule has 22 heavy (non-hydrogen) atoms. The first-order valence-corrected chi connectivity index (χ1v) is 9.39. The molecule has 0 atom stereocenters. The van der Waals surface area contributed by atoms with Crippen LogP contribution < -0.4 is 9.46 Å². The summed E-state index contributed by atoms with van der Waals surface area (Å²) in [5.41, 5.74) is 1.06. The molecule has 1 aromatic heterocycles. The summed E-state index contributed by atoms with van der Waals surface area (Å²) < 4.78 is 31.7. The van der Waals surface area contributed by atoms with Gasteiger partial charge in [0, 0.05) is 37.4 Å². The van der Waals surface area contributed by atoms with E-state index in [1.54, 1.807) is 13.3 Å². The molecule has 7 heteroatoms. The molecule has 2 heterocycles. The predicted octanol–water partition coefficient (Wildman–Crippen LogP) is 1.38. The molecule has 0 saturated carbocycles. The normalized spacial score (nSPS) is 17.5. The van der Waals surface area contributed by atoms with Crippen molar-refractivity contribution in [3.05, 3.63) is 23.9 Å². The van der Waals surface area contributed by atoms with Crippen molar-refractivity contribution in [2.24, 2.45) is 0 Å². The minimum atomic E-state index is -3.12. The summed E-state index contributed by atoms with van der Waals surface area (Å²) >= 11 is 0. The summed E-state index contributed by atoms with van der Waals surface area (Å²) in [5.74, 6) is 0.869. The average Bonchev–Trinajstić information content (AvgIpc) is 2.49. The first kappa shape index (κ1) is 17.2. The number of aromatic nitrogens is 1. The number of hydrogen-bond acceptors (Lipinski definition) is 5. The van der Waals surface area contributed by atoms with Gasteiger partial charge in [-0.25, -0.2) is 18.1 Å². The highest BCUT2D eigenvalue weighted by Crippen LogP contribution is 2.19. The number of nitrogens with one attached hydrogen (secondary N) is 1. The molecule has 0 aliphatic carbocycles. The molecule has 1 aliphatic heterocycles. The zero-order chi connectivity index (χ0) is 16.0. The monoisotopic (exact) mass is 327 g/mol. The van der Waals surface area contributed by atoms with Gasteiger partial charge in [0.1, 0.15) is 0 Å². The quantitative estimate of drug-likeness (QED) is 0.819. The van der Waals surface area contributed by atoms with Crippen LogP contribution in [0.25, 0.3) is 0 Å². The molecule has 2 rings (SSSR count). The van der Waals surface area contributed by atoms with E-state index in [9.17, 15) is 8.42 Å². The highest BCUT2D eigenvalue weighted by molar-refractivity contribution is 7.89. The van der Waals surface area contributed by atoms with Crippen molar-refractivity contribution in [1.29, 1.82) is 0 Å². The molecule has 6 nitrogen and oxygen atoms in total. The van der Waals surface area contributed by atoms with Crippen LogP contribution in [0, 0.1) is 0 Å². The van der Waals surface area contributed by atoms with Crippen molar-refractivity contribution < 1.29 is 13.2 Å². The lowest BCUT2D eigenvalue weighted by Gasteiger charge is -2.32. The smallest absolute Gasteiger partial charge is 0.217 e. The number of hydrogen-bond donors (Lipinski definition) is 1. The highest BCUT2D eigenvalue weighted by atomic mass is 32.2. The average molecular weight is 327 g/mol. The number of methoxy groups -OCH3 is 1. The lowest BCUT2D eigenvalue weighted by molar-refractivity contribution is 0.197. The number of likely N-dealkylation sites (tertiary alicyclic amines) is 1. The van der Waals surface area contributed by atoms with Crippen LogP contribution in [-0.4, -0.2) is 50.3 Å². The Morgan fingerprint density at radius 1 is 1.41 bits per heavy atom. The van der Waals surface area contributed by atoms with Gasteiger partial charge in [-0.2, -0.15) is 0 Å². The Labute approximate surface area is 132 Å². The highest BCUT2D eigenvalue weighted by Gasteiger charge is 2.23. The summed E-state index contributed by atoms with van der Waals surface area (Å²) in [6, 6.07) is 3.98. The predicted molar refractivity (Wildman–Crippen MR) is 86.3 cm³/mol. The van der Waals surface area contributed by atoms with Crippen molar-refractivity contribution in [2.75, 3.05) is 26.0 Å². The SMILES string of the molecule is CCCS(=O)(=O)NC1CCN(Cc2cccnc2OC)CC1. The molecule has 0 aromatic carbocycles. The van der Waals surface area contributed by atoms with E-state index in [0.29, 0.717) is 12.3 Å². The fraction of sp³-hybridized carbons (Fsp3) is 0.667. The van der Waals surface area contributed by atoms with Crippen LogP contribution in [-0.2, 0) is 16.6 Å². The number of ether oxygens (including phenoxy) is 1. The second kappa shape index (κ2) is 7.89. The summed E-state index contributed by atoms with van der Waals surface area (Å²) in [6.07, 6.45) is 4.04. The Hall–Kier alpha value is -1.18. The maximum absolute atomic E-state index is 11.8. The summed E-state index contributed by atoms with van der Waals surface area (Å²) in [4.78, 5) is 6.52. The van der Waals surface area contributed by atoms with E-state index in [1.165, 1.54) is 0 Å². The van der Waals surface area contributed by atoms with E-state index in [1.807, 2.05) is 19.1 Å². The molecule has 0 radical (unpaired) electrons. The lowest BCUT2D eigenvalue weighted by Crippen LogP contribution is -2.44. The van der Waals surface area contributed by atoms with Gasteiger partial charge >= 0.3 is 0 Å². The largest absolute Gasteiger partial charge is 0.481 e. The third-order valence-electron chi connectivity index (χ3n) is 3.84. The minimum absolute atomic E-state index is 0.0589. The van der Waals surface area contributed by atoms with Crippen LogP contribution in [0.4, 0.5) is 0 Å². The lowest BCUT2D eigenvalue weighted by atomic mass is 10.1. The molecule has 1 aliphatic rings. The second-order valence-electron chi connectivity index (χ2n) is 5.66. The summed E-state index contributed by atoms with van der Waals surface area (Å²) in [5, 5.41) is 0. The topological polar surface area (TPSA) is 71.5 Å². The molecule has 1 N–H and O–H groups in total. The van der Waals surface area contributed by atoms with Crippen LogP contribution in [0.15, 0.2) is 18.3 Å². The van der Waals surface area contributed by atoms with Gasteiger partial charge in [0.25, 0.3) is 0 Å². The van der Waals surface area contributed by atoms with Crippen molar-refractivity contribution in [2.45, 2.75) is 38.8 Å². The second-order valence-corrected chi connectivity index (χ2v) is 7.53. The third kappa shape index (κ3) is 4.93. The van der Waals surface area contributed by atoms with Gasteiger partial charge in [-0.3, -0.25) is 4.90 Å². The zero-order valence-corrected chi connectivity index (χ0v) is 14.1. The van der Waals surface area contributed by atoms with Crippen molar-refractivity contribution in [3.63, 3.8) is 0 Å². The zero-order valence-electron chi connectivity index (χ0n) is 13.3. The number of rotatable bonds is 7. The molecule has 0 bridgehead atoms. The van der Waals surface area contributed by atoms with Gasteiger partial charge in [0.2, 0.25) is 15.9 Å². The van der Waals surface area contributed by atoms with Crippen molar-refractivity contribution in [3.8, 4) is 5.88 Å². The molecule has 0 unspecified atom stereocenters. The molecule has 1 saturated heterocycles. The van der Waals surface area contributed by atoms with E-state index >= 15 is 0 Å².